The highest BCUT2D eigenvalue weighted by atomic mass is 32.1. The summed E-state index contributed by atoms with van der Waals surface area (Å²) in [6.45, 7) is 0.388. The van der Waals surface area contributed by atoms with Crippen molar-refractivity contribution in [2.45, 2.75) is 6.42 Å². The van der Waals surface area contributed by atoms with Crippen LogP contribution in [-0.2, 0) is 0 Å². The van der Waals surface area contributed by atoms with Crippen molar-refractivity contribution < 1.29 is 4.79 Å². The van der Waals surface area contributed by atoms with Gasteiger partial charge in [0, 0.05) is 6.54 Å². The van der Waals surface area contributed by atoms with Crippen LogP contribution in [0.3, 0.4) is 0 Å². The van der Waals surface area contributed by atoms with Gasteiger partial charge in [-0.15, -0.1) is 0 Å². The fourth-order valence-electron chi connectivity index (χ4n) is 0.225. The lowest BCUT2D eigenvalue weighted by Crippen LogP contribution is -2.16. The molecule has 4 heteroatoms. The van der Waals surface area contributed by atoms with E-state index in [0.29, 0.717) is 13.0 Å². The molecular weight excluding hydrogens is 124 g/mol. The van der Waals surface area contributed by atoms with Gasteiger partial charge >= 0.3 is 0 Å². The van der Waals surface area contributed by atoms with Gasteiger partial charge in [-0.2, -0.15) is 5.26 Å². The van der Waals surface area contributed by atoms with Crippen LogP contribution < -0.4 is 5.32 Å². The summed E-state index contributed by atoms with van der Waals surface area (Å²) in [6.07, 6.45) is 0.340. The molecule has 44 valence electrons. The predicted octanol–water partition coefficient (Wildman–Crippen LogP) is 0.539. The van der Waals surface area contributed by atoms with Gasteiger partial charge in [0.25, 0.3) is 5.24 Å². The highest BCUT2D eigenvalue weighted by Crippen LogP contribution is 1.76. The van der Waals surface area contributed by atoms with Crippen molar-refractivity contribution in [2.24, 2.45) is 0 Å². The minimum absolute atomic E-state index is 0.340. The summed E-state index contributed by atoms with van der Waals surface area (Å²) in [5.41, 5.74) is 0. The Morgan fingerprint density at radius 3 is 2.88 bits per heavy atom. The Kier molecular flexibility index (Phi) is 4.08. The van der Waals surface area contributed by atoms with E-state index in [2.05, 4.69) is 17.9 Å². The summed E-state index contributed by atoms with van der Waals surface area (Å²) >= 11 is 3.41. The maximum absolute atomic E-state index is 9.96. The SMILES string of the molecule is N#CCCNC(=O)S. The Morgan fingerprint density at radius 2 is 2.50 bits per heavy atom. The smallest absolute Gasteiger partial charge is 0.276 e. The normalized spacial score (nSPS) is 7.50. The molecule has 0 aliphatic carbocycles. The number of amides is 1. The van der Waals surface area contributed by atoms with E-state index in [1.807, 2.05) is 6.07 Å². The molecule has 1 N–H and O–H groups in total. The standard InChI is InChI=1S/C4H6N2OS/c5-2-1-3-6-4(7)8/h1,3H2,(H2,6,7,8). The van der Waals surface area contributed by atoms with Gasteiger partial charge < -0.3 is 5.32 Å². The van der Waals surface area contributed by atoms with Crippen molar-refractivity contribution in [1.82, 2.24) is 5.32 Å². The Bertz CT molecular complexity index is 118. The first-order valence-electron chi connectivity index (χ1n) is 2.11. The highest BCUT2D eigenvalue weighted by Gasteiger charge is 1.86. The predicted molar refractivity (Wildman–Crippen MR) is 32.6 cm³/mol. The third-order valence-electron chi connectivity index (χ3n) is 0.513. The molecule has 0 bridgehead atoms. The molecule has 1 amide bonds. The molecule has 0 aromatic carbocycles. The zero-order chi connectivity index (χ0) is 6.41. The molecule has 0 saturated carbocycles. The van der Waals surface area contributed by atoms with E-state index in [-0.39, 0.29) is 5.24 Å². The van der Waals surface area contributed by atoms with E-state index in [0.717, 1.165) is 0 Å². The van der Waals surface area contributed by atoms with Crippen LogP contribution in [0.25, 0.3) is 0 Å². The lowest BCUT2D eigenvalue weighted by Gasteiger charge is -1.91. The van der Waals surface area contributed by atoms with Gasteiger partial charge in [-0.3, -0.25) is 4.79 Å². The summed E-state index contributed by atoms with van der Waals surface area (Å²) in [5, 5.41) is 9.91. The van der Waals surface area contributed by atoms with Crippen molar-refractivity contribution in [3.63, 3.8) is 0 Å². The molecular formula is C4H6N2OS. The number of carbonyl (C=O) groups is 1. The van der Waals surface area contributed by atoms with Crippen LogP contribution >= 0.6 is 12.6 Å². The molecule has 0 aromatic heterocycles. The number of hydrogen-bond donors (Lipinski definition) is 2. The van der Waals surface area contributed by atoms with Crippen molar-refractivity contribution in [3.8, 4) is 6.07 Å². The van der Waals surface area contributed by atoms with Crippen molar-refractivity contribution >= 4 is 17.9 Å². The summed E-state index contributed by atoms with van der Waals surface area (Å²) in [5.74, 6) is 0. The zero-order valence-corrected chi connectivity index (χ0v) is 5.11. The van der Waals surface area contributed by atoms with Crippen molar-refractivity contribution in [1.29, 1.82) is 5.26 Å². The zero-order valence-electron chi connectivity index (χ0n) is 4.22. The van der Waals surface area contributed by atoms with Gasteiger partial charge in [-0.25, -0.2) is 0 Å². The molecule has 0 heterocycles. The minimum Gasteiger partial charge on any atom is -0.346 e. The van der Waals surface area contributed by atoms with Crippen LogP contribution in [0.2, 0.25) is 0 Å². The molecule has 0 atom stereocenters. The minimum atomic E-state index is -0.389. The Labute approximate surface area is 53.1 Å². The van der Waals surface area contributed by atoms with Crippen LogP contribution in [0.1, 0.15) is 6.42 Å². The number of rotatable bonds is 2. The van der Waals surface area contributed by atoms with Crippen molar-refractivity contribution in [2.75, 3.05) is 6.54 Å². The van der Waals surface area contributed by atoms with E-state index in [1.165, 1.54) is 0 Å². The molecule has 0 rings (SSSR count). The van der Waals surface area contributed by atoms with Crippen LogP contribution in [0.15, 0.2) is 0 Å². The quantitative estimate of drug-likeness (QED) is 0.423. The number of nitrogens with zero attached hydrogens (tertiary/aromatic N) is 1. The first kappa shape index (κ1) is 7.31. The Hall–Kier alpha value is -0.690. The number of nitrogens with one attached hydrogen (secondary N) is 1. The third-order valence-corrected chi connectivity index (χ3v) is 0.671. The molecule has 3 nitrogen and oxygen atoms in total. The second kappa shape index (κ2) is 4.47. The van der Waals surface area contributed by atoms with Gasteiger partial charge in [0.1, 0.15) is 0 Å². The second-order valence-corrected chi connectivity index (χ2v) is 1.55. The lowest BCUT2D eigenvalue weighted by molar-refractivity contribution is 0.261. The molecule has 8 heavy (non-hydrogen) atoms. The van der Waals surface area contributed by atoms with Crippen molar-refractivity contribution in [3.05, 3.63) is 0 Å². The van der Waals surface area contributed by atoms with E-state index in [1.54, 1.807) is 0 Å². The molecule has 0 fully saturated rings. The third kappa shape index (κ3) is 5.31. The van der Waals surface area contributed by atoms with E-state index < -0.39 is 0 Å². The van der Waals surface area contributed by atoms with E-state index >= 15 is 0 Å². The molecule has 0 saturated heterocycles. The molecule has 0 aliphatic rings. The lowest BCUT2D eigenvalue weighted by atomic mass is 10.5. The average Bonchev–Trinajstić information content (AvgIpc) is 1.66. The van der Waals surface area contributed by atoms with E-state index in [4.69, 9.17) is 5.26 Å². The fourth-order valence-corrected chi connectivity index (χ4v) is 0.337. The molecule has 0 aromatic rings. The van der Waals surface area contributed by atoms with Gasteiger partial charge in [0.2, 0.25) is 0 Å². The van der Waals surface area contributed by atoms with Crippen LogP contribution in [0.5, 0.6) is 0 Å². The first-order chi connectivity index (χ1) is 3.77. The summed E-state index contributed by atoms with van der Waals surface area (Å²) < 4.78 is 0. The number of thiol groups is 1. The number of nitriles is 1. The second-order valence-electron chi connectivity index (χ2n) is 1.14. The Morgan fingerprint density at radius 1 is 1.88 bits per heavy atom. The van der Waals surface area contributed by atoms with Gasteiger partial charge in [0.15, 0.2) is 0 Å². The summed E-state index contributed by atoms with van der Waals surface area (Å²) in [7, 11) is 0. The molecule has 0 unspecified atom stereocenters. The maximum Gasteiger partial charge on any atom is 0.276 e. The topological polar surface area (TPSA) is 52.9 Å². The highest BCUT2D eigenvalue weighted by molar-refractivity contribution is 7.96. The molecule has 0 spiro atoms. The largest absolute Gasteiger partial charge is 0.346 e. The number of carbonyl (C=O) groups excluding carboxylic acids is 1. The van der Waals surface area contributed by atoms with Gasteiger partial charge in [-0.1, -0.05) is 12.6 Å². The van der Waals surface area contributed by atoms with Gasteiger partial charge in [0.05, 0.1) is 12.5 Å². The fraction of sp³-hybridized carbons (Fsp3) is 0.500. The van der Waals surface area contributed by atoms with Crippen LogP contribution in [0.4, 0.5) is 4.79 Å². The van der Waals surface area contributed by atoms with Gasteiger partial charge in [-0.05, 0) is 0 Å². The Balaban J connectivity index is 2.97. The monoisotopic (exact) mass is 130 g/mol. The summed E-state index contributed by atoms with van der Waals surface area (Å²) in [6, 6.07) is 1.87. The maximum atomic E-state index is 9.96. The van der Waals surface area contributed by atoms with Crippen LogP contribution in [-0.4, -0.2) is 11.8 Å². The van der Waals surface area contributed by atoms with E-state index in [9.17, 15) is 4.79 Å². The molecule has 0 radical (unpaired) electrons. The summed E-state index contributed by atoms with van der Waals surface area (Å²) in [4.78, 5) is 9.96. The molecule has 0 aliphatic heterocycles. The first-order valence-corrected chi connectivity index (χ1v) is 2.56. The number of hydrogen-bond acceptors (Lipinski definition) is 2. The van der Waals surface area contributed by atoms with Crippen LogP contribution in [0, 0.1) is 11.3 Å². The average molecular weight is 130 g/mol.